The fourth-order valence-electron chi connectivity index (χ4n) is 3.63. The molecule has 0 radical (unpaired) electrons. The van der Waals surface area contributed by atoms with Gasteiger partial charge in [-0.05, 0) is 34.6 Å². The summed E-state index contributed by atoms with van der Waals surface area (Å²) in [5.74, 6) is -1.26. The van der Waals surface area contributed by atoms with Gasteiger partial charge in [-0.25, -0.2) is 4.79 Å². The lowest BCUT2D eigenvalue weighted by atomic mass is 9.98. The first-order valence-electron chi connectivity index (χ1n) is 9.20. The number of ketones is 1. The van der Waals surface area contributed by atoms with E-state index in [1.54, 1.807) is 0 Å². The predicted octanol–water partition coefficient (Wildman–Crippen LogP) is 3.48. The van der Waals surface area contributed by atoms with E-state index in [9.17, 15) is 9.59 Å². The summed E-state index contributed by atoms with van der Waals surface area (Å²) in [5.41, 5.74) is 7.14. The van der Waals surface area contributed by atoms with Crippen molar-refractivity contribution in [2.45, 2.75) is 32.2 Å². The van der Waals surface area contributed by atoms with Crippen LogP contribution in [-0.2, 0) is 19.2 Å². The predicted molar refractivity (Wildman–Crippen MR) is 103 cm³/mol. The summed E-state index contributed by atoms with van der Waals surface area (Å²) in [4.78, 5) is 29.7. The molecular weight excluding hydrogens is 342 g/mol. The first-order chi connectivity index (χ1) is 13.0. The molecule has 0 spiro atoms. The SMILES string of the molecule is CON[C@@H](CC(C)C)C(=O)C(=O)OCC1c2ccccc2-c2ccccc21. The fraction of sp³-hybridized carbons (Fsp3) is 0.364. The Kier molecular flexibility index (Phi) is 6.04. The number of rotatable bonds is 8. The monoisotopic (exact) mass is 367 g/mol. The molecule has 2 aromatic rings. The Labute approximate surface area is 159 Å². The lowest BCUT2D eigenvalue weighted by molar-refractivity contribution is -0.156. The Morgan fingerprint density at radius 1 is 1.00 bits per heavy atom. The highest BCUT2D eigenvalue weighted by atomic mass is 16.6. The molecule has 0 fully saturated rings. The van der Waals surface area contributed by atoms with Crippen LogP contribution in [0.5, 0.6) is 0 Å². The number of benzene rings is 2. The minimum Gasteiger partial charge on any atom is -0.459 e. The molecule has 0 saturated carbocycles. The van der Waals surface area contributed by atoms with Crippen LogP contribution in [0.15, 0.2) is 48.5 Å². The number of carbonyl (C=O) groups excluding carboxylic acids is 2. The lowest BCUT2D eigenvalue weighted by Crippen LogP contribution is -2.42. The number of nitrogens with one attached hydrogen (secondary N) is 1. The number of fused-ring (bicyclic) bond motifs is 3. The number of ether oxygens (including phenoxy) is 1. The Balaban J connectivity index is 1.73. The third-order valence-electron chi connectivity index (χ3n) is 4.83. The summed E-state index contributed by atoms with van der Waals surface area (Å²) in [6.45, 7) is 4.10. The van der Waals surface area contributed by atoms with E-state index in [-0.39, 0.29) is 18.4 Å². The summed E-state index contributed by atoms with van der Waals surface area (Å²) in [7, 11) is 1.43. The normalized spacial score (nSPS) is 13.9. The second-order valence-electron chi connectivity index (χ2n) is 7.19. The van der Waals surface area contributed by atoms with Crippen molar-refractivity contribution in [3.8, 4) is 11.1 Å². The van der Waals surface area contributed by atoms with E-state index in [4.69, 9.17) is 9.57 Å². The van der Waals surface area contributed by atoms with Crippen LogP contribution in [0.2, 0.25) is 0 Å². The molecule has 0 amide bonds. The molecule has 5 nitrogen and oxygen atoms in total. The zero-order valence-corrected chi connectivity index (χ0v) is 15.9. The third-order valence-corrected chi connectivity index (χ3v) is 4.83. The van der Waals surface area contributed by atoms with Gasteiger partial charge in [-0.3, -0.25) is 4.79 Å². The van der Waals surface area contributed by atoms with Crippen LogP contribution >= 0.6 is 0 Å². The maximum absolute atomic E-state index is 12.4. The van der Waals surface area contributed by atoms with Crippen LogP contribution in [0.1, 0.15) is 37.3 Å². The van der Waals surface area contributed by atoms with E-state index in [2.05, 4.69) is 17.6 Å². The molecule has 2 aromatic carbocycles. The molecule has 0 aliphatic heterocycles. The van der Waals surface area contributed by atoms with E-state index in [0.717, 1.165) is 22.3 Å². The molecule has 0 unspecified atom stereocenters. The van der Waals surface area contributed by atoms with E-state index in [1.165, 1.54) is 7.11 Å². The smallest absolute Gasteiger partial charge is 0.376 e. The first-order valence-corrected chi connectivity index (χ1v) is 9.20. The molecular formula is C22H25NO4. The summed E-state index contributed by atoms with van der Waals surface area (Å²) in [6, 6.07) is 15.5. The van der Waals surface area contributed by atoms with Gasteiger partial charge in [0.1, 0.15) is 12.6 Å². The molecule has 0 heterocycles. The van der Waals surface area contributed by atoms with E-state index < -0.39 is 17.8 Å². The zero-order valence-electron chi connectivity index (χ0n) is 15.9. The van der Waals surface area contributed by atoms with Crippen molar-refractivity contribution in [3.05, 3.63) is 59.7 Å². The topological polar surface area (TPSA) is 64.6 Å². The first kappa shape index (κ1) is 19.3. The van der Waals surface area contributed by atoms with Crippen LogP contribution in [0.25, 0.3) is 11.1 Å². The minimum absolute atomic E-state index is 0.0620. The maximum atomic E-state index is 12.4. The van der Waals surface area contributed by atoms with Gasteiger partial charge in [-0.1, -0.05) is 62.4 Å². The second kappa shape index (κ2) is 8.46. The molecule has 0 saturated heterocycles. The summed E-state index contributed by atoms with van der Waals surface area (Å²) in [6.07, 6.45) is 0.497. The molecule has 27 heavy (non-hydrogen) atoms. The van der Waals surface area contributed by atoms with Crippen molar-refractivity contribution in [1.82, 2.24) is 5.48 Å². The number of hydroxylamine groups is 1. The van der Waals surface area contributed by atoms with Crippen molar-refractivity contribution in [3.63, 3.8) is 0 Å². The summed E-state index contributed by atoms with van der Waals surface area (Å²) < 4.78 is 5.43. The van der Waals surface area contributed by atoms with Crippen molar-refractivity contribution in [2.24, 2.45) is 5.92 Å². The van der Waals surface area contributed by atoms with Gasteiger partial charge in [0.15, 0.2) is 0 Å². The third kappa shape index (κ3) is 4.10. The minimum atomic E-state index is -0.827. The molecule has 1 atom stereocenters. The number of Topliss-reactive ketones (excluding diaryl/α,β-unsaturated/α-hetero) is 1. The molecule has 0 bridgehead atoms. The average molecular weight is 367 g/mol. The standard InChI is InChI=1S/C22H25NO4/c1-14(2)12-20(23-26-3)21(24)22(25)27-13-19-17-10-6-4-8-15(17)16-9-5-7-11-18(16)19/h4-11,14,19-20,23H,12-13H2,1-3H3/t20-/m0/s1. The lowest BCUT2D eigenvalue weighted by Gasteiger charge is -2.18. The fourth-order valence-corrected chi connectivity index (χ4v) is 3.63. The van der Waals surface area contributed by atoms with Crippen LogP contribution < -0.4 is 5.48 Å². The average Bonchev–Trinajstić information content (AvgIpc) is 2.99. The van der Waals surface area contributed by atoms with Crippen molar-refractivity contribution >= 4 is 11.8 Å². The van der Waals surface area contributed by atoms with Gasteiger partial charge < -0.3 is 9.57 Å². The quantitative estimate of drug-likeness (QED) is 0.440. The number of hydrogen-bond donors (Lipinski definition) is 1. The highest BCUT2D eigenvalue weighted by Crippen LogP contribution is 2.44. The Morgan fingerprint density at radius 2 is 1.56 bits per heavy atom. The Morgan fingerprint density at radius 3 is 2.07 bits per heavy atom. The van der Waals surface area contributed by atoms with Gasteiger partial charge in [-0.15, -0.1) is 0 Å². The Bertz CT molecular complexity index is 785. The highest BCUT2D eigenvalue weighted by molar-refractivity contribution is 6.35. The molecule has 1 N–H and O–H groups in total. The highest BCUT2D eigenvalue weighted by Gasteiger charge is 2.32. The largest absolute Gasteiger partial charge is 0.459 e. The van der Waals surface area contributed by atoms with Gasteiger partial charge in [0, 0.05) is 5.92 Å². The van der Waals surface area contributed by atoms with Crippen LogP contribution in [0, 0.1) is 5.92 Å². The molecule has 5 heteroatoms. The van der Waals surface area contributed by atoms with E-state index >= 15 is 0 Å². The van der Waals surface area contributed by atoms with E-state index in [0.29, 0.717) is 6.42 Å². The van der Waals surface area contributed by atoms with Crippen molar-refractivity contribution in [2.75, 3.05) is 13.7 Å². The number of carbonyl (C=O) groups is 2. The molecule has 142 valence electrons. The number of esters is 1. The summed E-state index contributed by atoms with van der Waals surface area (Å²) >= 11 is 0. The Hall–Kier alpha value is -2.50. The molecule has 3 rings (SSSR count). The molecule has 0 aromatic heterocycles. The van der Waals surface area contributed by atoms with Gasteiger partial charge in [-0.2, -0.15) is 5.48 Å². The summed E-state index contributed by atoms with van der Waals surface area (Å²) in [5, 5.41) is 0. The van der Waals surface area contributed by atoms with Crippen LogP contribution in [-0.4, -0.2) is 31.5 Å². The zero-order chi connectivity index (χ0) is 19.4. The number of hydrogen-bond acceptors (Lipinski definition) is 5. The second-order valence-corrected chi connectivity index (χ2v) is 7.19. The van der Waals surface area contributed by atoms with E-state index in [1.807, 2.05) is 50.2 Å². The van der Waals surface area contributed by atoms with Crippen molar-refractivity contribution in [1.29, 1.82) is 0 Å². The van der Waals surface area contributed by atoms with Gasteiger partial charge in [0.25, 0.3) is 5.78 Å². The molecule has 1 aliphatic carbocycles. The van der Waals surface area contributed by atoms with Gasteiger partial charge in [0.2, 0.25) is 0 Å². The van der Waals surface area contributed by atoms with Gasteiger partial charge in [0.05, 0.1) is 7.11 Å². The van der Waals surface area contributed by atoms with Gasteiger partial charge >= 0.3 is 5.97 Å². The molecule has 1 aliphatic rings. The maximum Gasteiger partial charge on any atom is 0.376 e. The van der Waals surface area contributed by atoms with Crippen molar-refractivity contribution < 1.29 is 19.2 Å². The van der Waals surface area contributed by atoms with Crippen LogP contribution in [0.4, 0.5) is 0 Å². The van der Waals surface area contributed by atoms with Crippen LogP contribution in [0.3, 0.4) is 0 Å².